The minimum atomic E-state index is -0.362. The molecule has 46 heavy (non-hydrogen) atoms. The van der Waals surface area contributed by atoms with Gasteiger partial charge in [0.2, 0.25) is 0 Å². The summed E-state index contributed by atoms with van der Waals surface area (Å²) in [5, 5.41) is 0. The van der Waals surface area contributed by atoms with E-state index in [2.05, 4.69) is 4.98 Å². The van der Waals surface area contributed by atoms with E-state index in [1.165, 1.54) is 15.9 Å². The maximum atomic E-state index is 14.3. The molecule has 5 rings (SSSR count). The number of para-hydroxylation sites is 1. The molecule has 1 aromatic heterocycles. The highest BCUT2D eigenvalue weighted by molar-refractivity contribution is 6.36. The summed E-state index contributed by atoms with van der Waals surface area (Å²) in [4.78, 5) is 41.0. The number of carbonyl (C=O) groups excluding carboxylic acids is 2. The molecule has 3 amide bonds. The number of nitrogens with zero attached hydrogens (tertiary/aromatic N) is 6. The number of aliphatic imine (C=N–C) groups is 1. The van der Waals surface area contributed by atoms with Crippen molar-refractivity contribution >= 4 is 40.9 Å². The molecule has 0 saturated carbocycles. The van der Waals surface area contributed by atoms with Gasteiger partial charge in [-0.2, -0.15) is 0 Å². The van der Waals surface area contributed by atoms with E-state index in [1.54, 1.807) is 67.8 Å². The Bertz CT molecular complexity index is 1850. The van der Waals surface area contributed by atoms with Gasteiger partial charge in [-0.3, -0.25) is 9.69 Å². The number of aromatic nitrogens is 2. The number of nitrogens with two attached hydrogens (primary N) is 1. The Morgan fingerprint density at radius 2 is 1.70 bits per heavy atom. The first-order chi connectivity index (χ1) is 22.2. The van der Waals surface area contributed by atoms with Crippen molar-refractivity contribution in [2.24, 2.45) is 17.8 Å². The van der Waals surface area contributed by atoms with E-state index in [4.69, 9.17) is 15.5 Å². The fourth-order valence-electron chi connectivity index (χ4n) is 4.74. The molecule has 1 fully saturated rings. The van der Waals surface area contributed by atoms with Crippen LogP contribution < -0.4 is 25.2 Å². The number of urea groups is 1. The van der Waals surface area contributed by atoms with Crippen molar-refractivity contribution in [1.82, 2.24) is 9.55 Å². The van der Waals surface area contributed by atoms with Crippen molar-refractivity contribution in [1.29, 1.82) is 0 Å². The van der Waals surface area contributed by atoms with Crippen LogP contribution in [0.4, 0.5) is 21.9 Å². The Morgan fingerprint density at radius 1 is 0.978 bits per heavy atom. The van der Waals surface area contributed by atoms with E-state index in [-0.39, 0.29) is 11.9 Å². The molecule has 0 unspecified atom stereocenters. The number of carbonyl (C=O) groups is 2. The number of hydrogen-bond acceptors (Lipinski definition) is 6. The summed E-state index contributed by atoms with van der Waals surface area (Å²) in [6.45, 7) is 5.76. The van der Waals surface area contributed by atoms with Gasteiger partial charge in [-0.1, -0.05) is 36.8 Å². The molecular formula is C36H37N7O3. The number of benzene rings is 3. The van der Waals surface area contributed by atoms with Crippen molar-refractivity contribution in [2.75, 3.05) is 21.7 Å². The molecule has 1 aliphatic rings. The Kier molecular flexibility index (Phi) is 9.47. The van der Waals surface area contributed by atoms with E-state index in [0.29, 0.717) is 51.5 Å². The molecule has 0 aliphatic carbocycles. The first-order valence-corrected chi connectivity index (χ1v) is 14.9. The van der Waals surface area contributed by atoms with Gasteiger partial charge in [0.1, 0.15) is 17.2 Å². The fraction of sp³-hybridized carbons (Fsp3) is 0.167. The molecule has 0 atom stereocenters. The lowest BCUT2D eigenvalue weighted by molar-refractivity contribution is -0.113. The van der Waals surface area contributed by atoms with Crippen molar-refractivity contribution in [3.63, 3.8) is 0 Å². The molecule has 234 valence electrons. The zero-order valence-electron chi connectivity index (χ0n) is 26.6. The summed E-state index contributed by atoms with van der Waals surface area (Å²) < 4.78 is 7.77. The number of anilines is 3. The van der Waals surface area contributed by atoms with Crippen LogP contribution in [0.5, 0.6) is 11.5 Å². The van der Waals surface area contributed by atoms with Gasteiger partial charge in [0, 0.05) is 44.0 Å². The monoisotopic (exact) mass is 615 g/mol. The highest BCUT2D eigenvalue weighted by atomic mass is 16.5. The summed E-state index contributed by atoms with van der Waals surface area (Å²) in [6.07, 6.45) is 9.16. The first kappa shape index (κ1) is 31.5. The van der Waals surface area contributed by atoms with Gasteiger partial charge in [-0.15, -0.1) is 0 Å². The summed E-state index contributed by atoms with van der Waals surface area (Å²) in [5.41, 5.74) is 10.8. The second kappa shape index (κ2) is 13.8. The predicted octanol–water partition coefficient (Wildman–Crippen LogP) is 7.24. The van der Waals surface area contributed by atoms with Crippen LogP contribution in [0.25, 0.3) is 6.08 Å². The number of hydrogen-bond donors (Lipinski definition) is 1. The van der Waals surface area contributed by atoms with Crippen molar-refractivity contribution in [3.8, 4) is 11.5 Å². The number of rotatable bonds is 9. The largest absolute Gasteiger partial charge is 0.457 e. The first-order valence-electron chi connectivity index (χ1n) is 14.9. The Balaban J connectivity index is 1.50. The van der Waals surface area contributed by atoms with Crippen LogP contribution >= 0.6 is 0 Å². The van der Waals surface area contributed by atoms with E-state index in [1.807, 2.05) is 80.2 Å². The number of amidine groups is 1. The van der Waals surface area contributed by atoms with Crippen molar-refractivity contribution in [2.45, 2.75) is 27.2 Å². The molecule has 0 radical (unpaired) electrons. The third kappa shape index (κ3) is 6.91. The van der Waals surface area contributed by atoms with Crippen LogP contribution in [0, 0.1) is 0 Å². The van der Waals surface area contributed by atoms with Gasteiger partial charge in [0.05, 0.1) is 23.4 Å². The van der Waals surface area contributed by atoms with Crippen LogP contribution in [0.1, 0.15) is 32.9 Å². The van der Waals surface area contributed by atoms with E-state index >= 15 is 0 Å². The minimum Gasteiger partial charge on any atom is -0.457 e. The normalized spacial score (nSPS) is 15.6. The Labute approximate surface area is 269 Å². The summed E-state index contributed by atoms with van der Waals surface area (Å²) in [6, 6.07) is 23.5. The lowest BCUT2D eigenvalue weighted by atomic mass is 10.2. The lowest BCUT2D eigenvalue weighted by Gasteiger charge is -2.21. The second-order valence-corrected chi connectivity index (χ2v) is 10.9. The quantitative estimate of drug-likeness (QED) is 0.200. The van der Waals surface area contributed by atoms with Crippen LogP contribution in [0.3, 0.4) is 0 Å². The molecule has 0 bridgehead atoms. The van der Waals surface area contributed by atoms with Crippen molar-refractivity contribution in [3.05, 3.63) is 126 Å². The maximum Gasteiger partial charge on any atom is 0.339 e. The average Bonchev–Trinajstić information content (AvgIpc) is 3.62. The third-order valence-electron chi connectivity index (χ3n) is 7.37. The number of likely N-dealkylation sites (N-methyl/N-ethyl adjacent to an activating group) is 1. The summed E-state index contributed by atoms with van der Waals surface area (Å²) in [7, 11) is 3.54. The van der Waals surface area contributed by atoms with Crippen LogP contribution in [-0.4, -0.2) is 34.4 Å². The topological polar surface area (TPSA) is 109 Å². The SMILES string of the molecule is CC/C(C)=C/N=C1\C(=C(/C)N)N(c2ccc(Oc3ccccc3)cc2)C(=O)N1c1cccc(N(C)C(=O)/C=C/c2cn(C)cn2)c1. The third-order valence-corrected chi connectivity index (χ3v) is 7.37. The smallest absolute Gasteiger partial charge is 0.339 e. The zero-order chi connectivity index (χ0) is 32.8. The highest BCUT2D eigenvalue weighted by Gasteiger charge is 2.42. The second-order valence-electron chi connectivity index (χ2n) is 10.9. The highest BCUT2D eigenvalue weighted by Crippen LogP contribution is 2.36. The van der Waals surface area contributed by atoms with Crippen LogP contribution in [0.2, 0.25) is 0 Å². The number of amides is 3. The van der Waals surface area contributed by atoms with Crippen LogP contribution in [0.15, 0.2) is 126 Å². The Morgan fingerprint density at radius 3 is 2.35 bits per heavy atom. The minimum absolute atomic E-state index is 0.247. The molecular weight excluding hydrogens is 578 g/mol. The van der Waals surface area contributed by atoms with E-state index < -0.39 is 0 Å². The predicted molar refractivity (Wildman–Crippen MR) is 184 cm³/mol. The number of ether oxygens (including phenoxy) is 1. The Hall–Kier alpha value is -5.90. The summed E-state index contributed by atoms with van der Waals surface area (Å²) in [5.74, 6) is 1.47. The average molecular weight is 616 g/mol. The lowest BCUT2D eigenvalue weighted by Crippen LogP contribution is -2.33. The molecule has 10 nitrogen and oxygen atoms in total. The molecule has 0 spiro atoms. The van der Waals surface area contributed by atoms with E-state index in [9.17, 15) is 9.59 Å². The zero-order valence-corrected chi connectivity index (χ0v) is 26.6. The molecule has 3 aromatic carbocycles. The van der Waals surface area contributed by atoms with Crippen molar-refractivity contribution < 1.29 is 14.3 Å². The van der Waals surface area contributed by atoms with Gasteiger partial charge < -0.3 is 19.9 Å². The van der Waals surface area contributed by atoms with Gasteiger partial charge >= 0.3 is 6.03 Å². The van der Waals surface area contributed by atoms with Gasteiger partial charge in [-0.25, -0.2) is 19.7 Å². The molecule has 1 aliphatic heterocycles. The number of allylic oxidation sites excluding steroid dienone is 2. The fourth-order valence-corrected chi connectivity index (χ4v) is 4.74. The molecule has 2 N–H and O–H groups in total. The van der Waals surface area contributed by atoms with Gasteiger partial charge in [0.25, 0.3) is 5.91 Å². The maximum absolute atomic E-state index is 14.3. The number of aryl methyl sites for hydroxylation is 1. The molecule has 2 heterocycles. The molecule has 4 aromatic rings. The molecule has 1 saturated heterocycles. The molecule has 10 heteroatoms. The standard InChI is InChI=1S/C36H37N7O3/c1-6-25(2)22-38-35-34(26(3)37)42(28-16-18-32(19-17-28)46-31-13-8-7-9-14-31)36(45)43(35)30-12-10-11-29(21-30)41(5)33(44)20-15-27-23-40(4)24-39-27/h7-24H,6,37H2,1-5H3/b20-15+,25-22+,34-26-,38-35+. The van der Waals surface area contributed by atoms with E-state index in [0.717, 1.165) is 12.0 Å². The van der Waals surface area contributed by atoms with Gasteiger partial charge in [-0.05, 0) is 80.9 Å². The van der Waals surface area contributed by atoms with Gasteiger partial charge in [0.15, 0.2) is 5.84 Å². The number of imidazole rings is 1. The summed E-state index contributed by atoms with van der Waals surface area (Å²) >= 11 is 0. The van der Waals surface area contributed by atoms with Crippen LogP contribution in [-0.2, 0) is 11.8 Å².